The van der Waals surface area contributed by atoms with Crippen molar-refractivity contribution in [3.8, 4) is 0 Å². The summed E-state index contributed by atoms with van der Waals surface area (Å²) >= 11 is 0. The molecule has 0 aliphatic carbocycles. The standard InChI is InChI=1S/C6H11N3/c1-6(8)2-3-9-4-5(6)7/h2-5H,7-8H2,1H3. The molecule has 3 nitrogen and oxygen atoms in total. The Morgan fingerprint density at radius 2 is 2.33 bits per heavy atom. The summed E-state index contributed by atoms with van der Waals surface area (Å²) in [6, 6.07) is -0.150. The van der Waals surface area contributed by atoms with Gasteiger partial charge in [0.15, 0.2) is 0 Å². The Hall–Kier alpha value is -0.670. The second kappa shape index (κ2) is 1.93. The molecular formula is C6H11N3. The van der Waals surface area contributed by atoms with Crippen LogP contribution in [0.3, 0.4) is 0 Å². The lowest BCUT2D eigenvalue weighted by Crippen LogP contribution is -2.53. The van der Waals surface area contributed by atoms with Gasteiger partial charge in [-0.25, -0.2) is 0 Å². The quantitative estimate of drug-likeness (QED) is 0.464. The fourth-order valence-electron chi connectivity index (χ4n) is 0.618. The van der Waals surface area contributed by atoms with E-state index < -0.39 is 5.54 Å². The molecule has 1 aliphatic rings. The molecule has 1 aliphatic heterocycles. The highest BCUT2D eigenvalue weighted by Gasteiger charge is 2.23. The smallest absolute Gasteiger partial charge is 0.0616 e. The number of nitrogens with two attached hydrogens (primary N) is 2. The molecule has 2 atom stereocenters. The van der Waals surface area contributed by atoms with Crippen LogP contribution >= 0.6 is 0 Å². The van der Waals surface area contributed by atoms with Crippen LogP contribution in [0.25, 0.3) is 0 Å². The van der Waals surface area contributed by atoms with E-state index in [9.17, 15) is 0 Å². The molecule has 4 N–H and O–H groups in total. The van der Waals surface area contributed by atoms with E-state index in [1.165, 1.54) is 0 Å². The first-order valence-corrected chi connectivity index (χ1v) is 2.88. The van der Waals surface area contributed by atoms with Gasteiger partial charge >= 0.3 is 0 Å². The van der Waals surface area contributed by atoms with Crippen LogP contribution in [0.4, 0.5) is 0 Å². The van der Waals surface area contributed by atoms with Crippen LogP contribution in [0.2, 0.25) is 0 Å². The molecule has 1 rings (SSSR count). The van der Waals surface area contributed by atoms with Gasteiger partial charge < -0.3 is 11.5 Å². The highest BCUT2D eigenvalue weighted by molar-refractivity contribution is 5.69. The van der Waals surface area contributed by atoms with Gasteiger partial charge in [0.25, 0.3) is 0 Å². The van der Waals surface area contributed by atoms with E-state index in [4.69, 9.17) is 11.5 Å². The molecule has 0 radical (unpaired) electrons. The van der Waals surface area contributed by atoms with Gasteiger partial charge in [0.05, 0.1) is 11.6 Å². The molecule has 9 heavy (non-hydrogen) atoms. The second-order valence-corrected chi connectivity index (χ2v) is 2.51. The summed E-state index contributed by atoms with van der Waals surface area (Å²) in [5.41, 5.74) is 10.9. The van der Waals surface area contributed by atoms with E-state index in [1.54, 1.807) is 18.5 Å². The highest BCUT2D eigenvalue weighted by atomic mass is 14.9. The average Bonchev–Trinajstić information content (AvgIpc) is 1.77. The maximum atomic E-state index is 5.72. The minimum absolute atomic E-state index is 0.150. The van der Waals surface area contributed by atoms with Crippen LogP contribution < -0.4 is 11.5 Å². The summed E-state index contributed by atoms with van der Waals surface area (Å²) in [5.74, 6) is 0. The molecule has 1 heterocycles. The van der Waals surface area contributed by atoms with Crippen molar-refractivity contribution in [2.45, 2.75) is 18.5 Å². The number of rotatable bonds is 0. The van der Waals surface area contributed by atoms with E-state index in [2.05, 4.69) is 4.99 Å². The summed E-state index contributed by atoms with van der Waals surface area (Å²) in [5, 5.41) is 0. The Bertz CT molecular complexity index is 158. The van der Waals surface area contributed by atoms with Crippen molar-refractivity contribution in [3.63, 3.8) is 0 Å². The van der Waals surface area contributed by atoms with E-state index in [0.29, 0.717) is 0 Å². The van der Waals surface area contributed by atoms with Crippen molar-refractivity contribution in [1.29, 1.82) is 0 Å². The zero-order chi connectivity index (χ0) is 6.91. The molecule has 0 bridgehead atoms. The molecule has 0 spiro atoms. The van der Waals surface area contributed by atoms with E-state index >= 15 is 0 Å². The van der Waals surface area contributed by atoms with Crippen LogP contribution in [-0.4, -0.2) is 17.8 Å². The lowest BCUT2D eigenvalue weighted by Gasteiger charge is -2.26. The highest BCUT2D eigenvalue weighted by Crippen LogP contribution is 2.08. The van der Waals surface area contributed by atoms with Crippen LogP contribution in [0.5, 0.6) is 0 Å². The second-order valence-electron chi connectivity index (χ2n) is 2.51. The van der Waals surface area contributed by atoms with Gasteiger partial charge in [-0.1, -0.05) is 0 Å². The number of hydrogen-bond donors (Lipinski definition) is 2. The summed E-state index contributed by atoms with van der Waals surface area (Å²) in [4.78, 5) is 3.84. The van der Waals surface area contributed by atoms with Gasteiger partial charge in [0, 0.05) is 12.4 Å². The maximum Gasteiger partial charge on any atom is 0.0616 e. The maximum absolute atomic E-state index is 5.72. The Morgan fingerprint density at radius 3 is 2.67 bits per heavy atom. The van der Waals surface area contributed by atoms with Gasteiger partial charge in [0.2, 0.25) is 0 Å². The van der Waals surface area contributed by atoms with E-state index in [1.807, 2.05) is 6.92 Å². The molecule has 0 aromatic rings. The van der Waals surface area contributed by atoms with Crippen molar-refractivity contribution >= 4 is 6.21 Å². The third-order valence-electron chi connectivity index (χ3n) is 1.48. The molecule has 50 valence electrons. The molecule has 2 unspecified atom stereocenters. The lowest BCUT2D eigenvalue weighted by molar-refractivity contribution is 0.539. The molecule has 0 aromatic carbocycles. The summed E-state index contributed by atoms with van der Waals surface area (Å²) in [6.45, 7) is 1.87. The van der Waals surface area contributed by atoms with Crippen LogP contribution in [0.15, 0.2) is 17.3 Å². The van der Waals surface area contributed by atoms with Crippen LogP contribution in [-0.2, 0) is 0 Å². The van der Waals surface area contributed by atoms with Gasteiger partial charge in [0.1, 0.15) is 0 Å². The third kappa shape index (κ3) is 1.17. The number of nitrogens with zero attached hydrogens (tertiary/aromatic N) is 1. The molecular weight excluding hydrogens is 114 g/mol. The zero-order valence-corrected chi connectivity index (χ0v) is 5.41. The topological polar surface area (TPSA) is 64.4 Å². The number of aliphatic imine (C=N–C) groups is 1. The molecule has 0 aromatic heterocycles. The van der Waals surface area contributed by atoms with Crippen molar-refractivity contribution in [2.24, 2.45) is 16.5 Å². The predicted octanol–water partition coefficient (Wildman–Crippen LogP) is -0.371. The normalized spacial score (nSPS) is 41.4. The Morgan fingerprint density at radius 1 is 1.67 bits per heavy atom. The minimum atomic E-state index is -0.415. The molecule has 0 saturated carbocycles. The SMILES string of the molecule is CC1(N)C=CN=CC1N. The lowest BCUT2D eigenvalue weighted by atomic mass is 9.94. The first-order chi connectivity index (χ1) is 4.13. The Balaban J connectivity index is 2.78. The third-order valence-corrected chi connectivity index (χ3v) is 1.48. The summed E-state index contributed by atoms with van der Waals surface area (Å²) in [6.07, 6.45) is 5.13. The molecule has 0 saturated heterocycles. The van der Waals surface area contributed by atoms with Crippen molar-refractivity contribution in [1.82, 2.24) is 0 Å². The van der Waals surface area contributed by atoms with Crippen molar-refractivity contribution in [2.75, 3.05) is 0 Å². The van der Waals surface area contributed by atoms with Crippen molar-refractivity contribution < 1.29 is 0 Å². The molecule has 0 amide bonds. The molecule has 3 heteroatoms. The largest absolute Gasteiger partial charge is 0.321 e. The van der Waals surface area contributed by atoms with Gasteiger partial charge in [-0.2, -0.15) is 0 Å². The fraction of sp³-hybridized carbons (Fsp3) is 0.500. The molecule has 0 fully saturated rings. The van der Waals surface area contributed by atoms with Gasteiger partial charge in [-0.15, -0.1) is 0 Å². The Kier molecular flexibility index (Phi) is 1.38. The van der Waals surface area contributed by atoms with Gasteiger partial charge in [-0.05, 0) is 13.0 Å². The van der Waals surface area contributed by atoms with Crippen LogP contribution in [0.1, 0.15) is 6.92 Å². The Labute approximate surface area is 54.4 Å². The summed E-state index contributed by atoms with van der Waals surface area (Å²) < 4.78 is 0. The minimum Gasteiger partial charge on any atom is -0.321 e. The first kappa shape index (κ1) is 6.45. The van der Waals surface area contributed by atoms with Gasteiger partial charge in [-0.3, -0.25) is 4.99 Å². The number of hydrogen-bond acceptors (Lipinski definition) is 3. The van der Waals surface area contributed by atoms with E-state index in [-0.39, 0.29) is 6.04 Å². The predicted molar refractivity (Wildman–Crippen MR) is 38.2 cm³/mol. The fourth-order valence-corrected chi connectivity index (χ4v) is 0.618. The van der Waals surface area contributed by atoms with Crippen LogP contribution in [0, 0.1) is 0 Å². The average molecular weight is 125 g/mol. The zero-order valence-electron chi connectivity index (χ0n) is 5.41. The summed E-state index contributed by atoms with van der Waals surface area (Å²) in [7, 11) is 0. The monoisotopic (exact) mass is 125 g/mol. The van der Waals surface area contributed by atoms with E-state index in [0.717, 1.165) is 0 Å². The van der Waals surface area contributed by atoms with Crippen molar-refractivity contribution in [3.05, 3.63) is 12.3 Å². The first-order valence-electron chi connectivity index (χ1n) is 2.88.